The van der Waals surface area contributed by atoms with Crippen LogP contribution in [0.2, 0.25) is 0 Å². The zero-order valence-electron chi connectivity index (χ0n) is 11.2. The molecule has 2 rings (SSSR count). The smallest absolute Gasteiger partial charge is 0.224 e. The summed E-state index contributed by atoms with van der Waals surface area (Å²) in [7, 11) is 2.04. The minimum atomic E-state index is 0.0501. The van der Waals surface area contributed by atoms with E-state index < -0.39 is 0 Å². The summed E-state index contributed by atoms with van der Waals surface area (Å²) >= 11 is 0. The number of carbonyl (C=O) groups is 1. The molecule has 98 valence electrons. The zero-order chi connectivity index (χ0) is 13.1. The van der Waals surface area contributed by atoms with Gasteiger partial charge in [-0.1, -0.05) is 13.8 Å². The summed E-state index contributed by atoms with van der Waals surface area (Å²) in [4.78, 5) is 13.8. The van der Waals surface area contributed by atoms with E-state index in [0.717, 1.165) is 23.7 Å². The summed E-state index contributed by atoms with van der Waals surface area (Å²) in [5.74, 6) is 1.25. The van der Waals surface area contributed by atoms with Crippen molar-refractivity contribution in [3.05, 3.63) is 18.2 Å². The van der Waals surface area contributed by atoms with E-state index in [-0.39, 0.29) is 5.91 Å². The first kappa shape index (κ1) is 12.7. The van der Waals surface area contributed by atoms with Crippen LogP contribution in [0.3, 0.4) is 0 Å². The van der Waals surface area contributed by atoms with Crippen LogP contribution < -0.4 is 15.0 Å². The molecule has 18 heavy (non-hydrogen) atoms. The quantitative estimate of drug-likeness (QED) is 0.893. The molecule has 0 aliphatic carbocycles. The van der Waals surface area contributed by atoms with Gasteiger partial charge in [0.2, 0.25) is 5.91 Å². The van der Waals surface area contributed by atoms with Gasteiger partial charge < -0.3 is 15.0 Å². The second-order valence-electron chi connectivity index (χ2n) is 5.10. The zero-order valence-corrected chi connectivity index (χ0v) is 11.2. The maximum absolute atomic E-state index is 11.7. The van der Waals surface area contributed by atoms with E-state index in [0.29, 0.717) is 18.9 Å². The molecule has 1 heterocycles. The van der Waals surface area contributed by atoms with Gasteiger partial charge in [0.15, 0.2) is 0 Å². The number of fused-ring (bicyclic) bond motifs is 1. The highest BCUT2D eigenvalue weighted by Crippen LogP contribution is 2.33. The summed E-state index contributed by atoms with van der Waals surface area (Å²) in [6.07, 6.45) is 0.540. The average molecular weight is 248 g/mol. The van der Waals surface area contributed by atoms with Crippen molar-refractivity contribution in [1.82, 2.24) is 0 Å². The molecule has 0 radical (unpaired) electrons. The molecular weight excluding hydrogens is 228 g/mol. The van der Waals surface area contributed by atoms with E-state index in [1.54, 1.807) is 0 Å². The Balaban J connectivity index is 2.09. The lowest BCUT2D eigenvalue weighted by molar-refractivity contribution is -0.116. The predicted molar refractivity (Wildman–Crippen MR) is 73.3 cm³/mol. The Morgan fingerprint density at radius 2 is 2.28 bits per heavy atom. The van der Waals surface area contributed by atoms with Crippen LogP contribution in [0, 0.1) is 5.92 Å². The number of anilines is 2. The number of carbonyl (C=O) groups excluding carboxylic acids is 1. The molecule has 0 bridgehead atoms. The van der Waals surface area contributed by atoms with Crippen molar-refractivity contribution in [3.63, 3.8) is 0 Å². The molecule has 0 spiro atoms. The van der Waals surface area contributed by atoms with Gasteiger partial charge in [-0.2, -0.15) is 0 Å². The normalized spacial score (nSPS) is 14.1. The number of nitrogens with one attached hydrogen (secondary N) is 1. The van der Waals surface area contributed by atoms with E-state index in [4.69, 9.17) is 4.74 Å². The molecule has 0 aromatic heterocycles. The Bertz CT molecular complexity index is 443. The maximum atomic E-state index is 11.7. The highest BCUT2D eigenvalue weighted by Gasteiger charge is 2.15. The summed E-state index contributed by atoms with van der Waals surface area (Å²) < 4.78 is 5.60. The highest BCUT2D eigenvalue weighted by molar-refractivity contribution is 5.91. The van der Waals surface area contributed by atoms with E-state index in [1.807, 2.05) is 39.1 Å². The van der Waals surface area contributed by atoms with E-state index in [9.17, 15) is 4.79 Å². The predicted octanol–water partition coefficient (Wildman–Crippen LogP) is 2.50. The van der Waals surface area contributed by atoms with Crippen molar-refractivity contribution in [3.8, 4) is 5.75 Å². The van der Waals surface area contributed by atoms with Crippen molar-refractivity contribution in [2.75, 3.05) is 30.4 Å². The fraction of sp³-hybridized carbons (Fsp3) is 0.500. The summed E-state index contributed by atoms with van der Waals surface area (Å²) in [5, 5.41) is 2.90. The third-order valence-corrected chi connectivity index (χ3v) is 2.93. The van der Waals surface area contributed by atoms with Crippen molar-refractivity contribution >= 4 is 17.3 Å². The van der Waals surface area contributed by atoms with Crippen LogP contribution in [0.5, 0.6) is 5.75 Å². The maximum Gasteiger partial charge on any atom is 0.224 e. The third kappa shape index (κ3) is 2.94. The molecule has 1 N–H and O–H groups in total. The molecule has 4 nitrogen and oxygen atoms in total. The standard InChI is InChI=1S/C14H20N2O2/c1-10(2)8-14(17)15-11-4-5-12-13(9-11)18-7-6-16(12)3/h4-5,9-10H,6-8H2,1-3H3,(H,15,17). The van der Waals surface area contributed by atoms with Crippen LogP contribution in [0.15, 0.2) is 18.2 Å². The third-order valence-electron chi connectivity index (χ3n) is 2.93. The summed E-state index contributed by atoms with van der Waals surface area (Å²) in [6, 6.07) is 5.80. The van der Waals surface area contributed by atoms with Gasteiger partial charge in [0.05, 0.1) is 12.2 Å². The highest BCUT2D eigenvalue weighted by atomic mass is 16.5. The number of likely N-dealkylation sites (N-methyl/N-ethyl adjacent to an activating group) is 1. The van der Waals surface area contributed by atoms with Crippen LogP contribution in [0.25, 0.3) is 0 Å². The number of rotatable bonds is 3. The minimum absolute atomic E-state index is 0.0501. The van der Waals surface area contributed by atoms with Gasteiger partial charge in [0.1, 0.15) is 12.4 Å². The van der Waals surface area contributed by atoms with Crippen LogP contribution in [0.1, 0.15) is 20.3 Å². The summed E-state index contributed by atoms with van der Waals surface area (Å²) in [5.41, 5.74) is 1.87. The lowest BCUT2D eigenvalue weighted by Crippen LogP contribution is -2.28. The first-order chi connectivity index (χ1) is 8.56. The van der Waals surface area contributed by atoms with Crippen molar-refractivity contribution in [2.45, 2.75) is 20.3 Å². The van der Waals surface area contributed by atoms with Crippen molar-refractivity contribution < 1.29 is 9.53 Å². The fourth-order valence-electron chi connectivity index (χ4n) is 2.02. The Morgan fingerprint density at radius 3 is 3.00 bits per heavy atom. The average Bonchev–Trinajstić information content (AvgIpc) is 2.27. The number of ether oxygens (including phenoxy) is 1. The van der Waals surface area contributed by atoms with Crippen LogP contribution in [-0.4, -0.2) is 26.1 Å². The Kier molecular flexibility index (Phi) is 3.75. The molecule has 1 amide bonds. The second-order valence-corrected chi connectivity index (χ2v) is 5.10. The first-order valence-electron chi connectivity index (χ1n) is 6.34. The van der Waals surface area contributed by atoms with Crippen LogP contribution >= 0.6 is 0 Å². The van der Waals surface area contributed by atoms with Crippen LogP contribution in [0.4, 0.5) is 11.4 Å². The van der Waals surface area contributed by atoms with Gasteiger partial charge in [-0.15, -0.1) is 0 Å². The first-order valence-corrected chi connectivity index (χ1v) is 6.34. The molecule has 1 aliphatic rings. The van der Waals surface area contributed by atoms with Gasteiger partial charge >= 0.3 is 0 Å². The number of hydrogen-bond donors (Lipinski definition) is 1. The van der Waals surface area contributed by atoms with Gasteiger partial charge in [-0.25, -0.2) is 0 Å². The lowest BCUT2D eigenvalue weighted by Gasteiger charge is -2.28. The molecule has 1 aromatic rings. The number of nitrogens with zero attached hydrogens (tertiary/aromatic N) is 1. The van der Waals surface area contributed by atoms with Crippen LogP contribution in [-0.2, 0) is 4.79 Å². The molecule has 0 unspecified atom stereocenters. The molecule has 0 atom stereocenters. The topological polar surface area (TPSA) is 41.6 Å². The van der Waals surface area contributed by atoms with Gasteiger partial charge in [-0.05, 0) is 18.1 Å². The molecule has 0 saturated carbocycles. The largest absolute Gasteiger partial charge is 0.489 e. The molecule has 1 aromatic carbocycles. The van der Waals surface area contributed by atoms with Gasteiger partial charge in [0, 0.05) is 25.2 Å². The molecule has 0 saturated heterocycles. The van der Waals surface area contributed by atoms with E-state index >= 15 is 0 Å². The molecule has 0 fully saturated rings. The number of hydrogen-bond acceptors (Lipinski definition) is 3. The SMILES string of the molecule is CC(C)CC(=O)Nc1ccc2c(c1)OCCN2C. The number of benzene rings is 1. The Labute approximate surface area is 108 Å². The van der Waals surface area contributed by atoms with Crippen molar-refractivity contribution in [1.29, 1.82) is 0 Å². The number of amides is 1. The monoisotopic (exact) mass is 248 g/mol. The second kappa shape index (κ2) is 5.29. The minimum Gasteiger partial charge on any atom is -0.489 e. The van der Waals surface area contributed by atoms with E-state index in [1.165, 1.54) is 0 Å². The Morgan fingerprint density at radius 1 is 1.50 bits per heavy atom. The van der Waals surface area contributed by atoms with Gasteiger partial charge in [0.25, 0.3) is 0 Å². The van der Waals surface area contributed by atoms with E-state index in [2.05, 4.69) is 10.2 Å². The molecular formula is C14H20N2O2. The molecule has 4 heteroatoms. The van der Waals surface area contributed by atoms with Crippen molar-refractivity contribution in [2.24, 2.45) is 5.92 Å². The lowest BCUT2D eigenvalue weighted by atomic mass is 10.1. The van der Waals surface area contributed by atoms with Gasteiger partial charge in [-0.3, -0.25) is 4.79 Å². The fourth-order valence-corrected chi connectivity index (χ4v) is 2.02. The summed E-state index contributed by atoms with van der Waals surface area (Å²) in [6.45, 7) is 5.65. The molecule has 1 aliphatic heterocycles. The Hall–Kier alpha value is -1.71.